The molecular formula is C26H31N5OS. The van der Waals surface area contributed by atoms with E-state index in [1.54, 1.807) is 0 Å². The van der Waals surface area contributed by atoms with Gasteiger partial charge in [0.1, 0.15) is 5.52 Å². The van der Waals surface area contributed by atoms with Gasteiger partial charge < -0.3 is 9.88 Å². The van der Waals surface area contributed by atoms with Crippen LogP contribution in [-0.4, -0.2) is 37.5 Å². The Hall–Kier alpha value is -2.93. The van der Waals surface area contributed by atoms with Gasteiger partial charge in [-0.2, -0.15) is 0 Å². The lowest BCUT2D eigenvalue weighted by Crippen LogP contribution is -2.33. The molecule has 0 aliphatic heterocycles. The van der Waals surface area contributed by atoms with Gasteiger partial charge in [-0.1, -0.05) is 73.5 Å². The topological polar surface area (TPSA) is 72.7 Å². The molecule has 2 aromatic heterocycles. The number of hydrogen-bond donors (Lipinski definition) is 1. The molecule has 33 heavy (non-hydrogen) atoms. The van der Waals surface area contributed by atoms with E-state index in [9.17, 15) is 4.79 Å². The van der Waals surface area contributed by atoms with Crippen molar-refractivity contribution in [1.82, 2.24) is 25.1 Å². The molecule has 1 amide bonds. The summed E-state index contributed by atoms with van der Waals surface area (Å²) in [6, 6.07) is 15.0. The van der Waals surface area contributed by atoms with Crippen molar-refractivity contribution in [2.45, 2.75) is 63.9 Å². The number of nitrogens with zero attached hydrogens (tertiary/aromatic N) is 4. The SMILES string of the molecule is CCCNC(=O)C(CCC)Sc1nnc2c3cc(C)ccc3n(Cc3ccc(C)cc3)c2n1. The lowest BCUT2D eigenvalue weighted by molar-refractivity contribution is -0.120. The summed E-state index contributed by atoms with van der Waals surface area (Å²) in [7, 11) is 0. The number of aromatic nitrogens is 4. The third kappa shape index (κ3) is 5.19. The molecule has 0 spiro atoms. The minimum atomic E-state index is -0.224. The highest BCUT2D eigenvalue weighted by atomic mass is 32.2. The Morgan fingerprint density at radius 3 is 2.52 bits per heavy atom. The predicted octanol–water partition coefficient (Wildman–Crippen LogP) is 5.43. The van der Waals surface area contributed by atoms with E-state index in [1.807, 2.05) is 0 Å². The minimum absolute atomic E-state index is 0.0446. The number of carbonyl (C=O) groups is 1. The molecule has 1 N–H and O–H groups in total. The standard InChI is InChI=1S/C26H31N5OS/c1-5-7-22(25(32)27-14-6-2)33-26-28-24-23(29-30-26)20-15-18(4)10-13-21(20)31(24)16-19-11-8-17(3)9-12-19/h8-13,15,22H,5-7,14,16H2,1-4H3,(H,27,32). The van der Waals surface area contributed by atoms with E-state index < -0.39 is 0 Å². The average Bonchev–Trinajstić information content (AvgIpc) is 3.10. The monoisotopic (exact) mass is 461 g/mol. The third-order valence-corrected chi connectivity index (χ3v) is 6.82. The fourth-order valence-corrected chi connectivity index (χ4v) is 4.96. The summed E-state index contributed by atoms with van der Waals surface area (Å²) in [4.78, 5) is 17.6. The first-order chi connectivity index (χ1) is 16.0. The van der Waals surface area contributed by atoms with Gasteiger partial charge in [-0.05, 0) is 44.4 Å². The zero-order valence-electron chi connectivity index (χ0n) is 19.8. The maximum atomic E-state index is 12.7. The second-order valence-corrected chi connectivity index (χ2v) is 9.72. The van der Waals surface area contributed by atoms with Crippen LogP contribution in [0.5, 0.6) is 0 Å². The van der Waals surface area contributed by atoms with Gasteiger partial charge in [0.05, 0.1) is 10.8 Å². The highest BCUT2D eigenvalue weighted by Crippen LogP contribution is 2.30. The number of fused-ring (bicyclic) bond motifs is 3. The van der Waals surface area contributed by atoms with Crippen molar-refractivity contribution in [3.63, 3.8) is 0 Å². The Kier molecular flexibility index (Phi) is 7.28. The second kappa shape index (κ2) is 10.3. The number of aryl methyl sites for hydroxylation is 2. The Balaban J connectivity index is 1.75. The van der Waals surface area contributed by atoms with E-state index in [-0.39, 0.29) is 11.2 Å². The third-order valence-electron chi connectivity index (χ3n) is 5.70. The van der Waals surface area contributed by atoms with Crippen LogP contribution >= 0.6 is 11.8 Å². The second-order valence-electron chi connectivity index (χ2n) is 8.55. The molecule has 0 aliphatic carbocycles. The zero-order valence-corrected chi connectivity index (χ0v) is 20.6. The fourth-order valence-electron chi connectivity index (χ4n) is 3.94. The van der Waals surface area contributed by atoms with Crippen molar-refractivity contribution in [2.75, 3.05) is 6.54 Å². The molecular weight excluding hydrogens is 430 g/mol. The molecule has 6 nitrogen and oxygen atoms in total. The van der Waals surface area contributed by atoms with Gasteiger partial charge in [0, 0.05) is 18.5 Å². The molecule has 0 saturated carbocycles. The summed E-state index contributed by atoms with van der Waals surface area (Å²) in [6.45, 7) is 9.70. The van der Waals surface area contributed by atoms with Gasteiger partial charge in [-0.25, -0.2) is 4.98 Å². The molecule has 172 valence electrons. The number of hydrogen-bond acceptors (Lipinski definition) is 5. The zero-order chi connectivity index (χ0) is 23.4. The van der Waals surface area contributed by atoms with E-state index in [1.165, 1.54) is 28.5 Å². The van der Waals surface area contributed by atoms with Crippen molar-refractivity contribution in [3.05, 3.63) is 59.2 Å². The van der Waals surface area contributed by atoms with Crippen molar-refractivity contribution in [2.24, 2.45) is 0 Å². The molecule has 4 aromatic rings. The molecule has 2 aromatic carbocycles. The van der Waals surface area contributed by atoms with E-state index in [4.69, 9.17) is 4.98 Å². The fraction of sp³-hybridized carbons (Fsp3) is 0.385. The summed E-state index contributed by atoms with van der Waals surface area (Å²) >= 11 is 1.41. The summed E-state index contributed by atoms with van der Waals surface area (Å²) in [6.07, 6.45) is 2.60. The largest absolute Gasteiger partial charge is 0.355 e. The first-order valence-corrected chi connectivity index (χ1v) is 12.5. The van der Waals surface area contributed by atoms with Crippen molar-refractivity contribution >= 4 is 39.7 Å². The smallest absolute Gasteiger partial charge is 0.233 e. The normalized spacial score (nSPS) is 12.4. The van der Waals surface area contributed by atoms with Crippen LogP contribution in [0, 0.1) is 13.8 Å². The summed E-state index contributed by atoms with van der Waals surface area (Å²) in [5, 5.41) is 13.4. The Morgan fingerprint density at radius 1 is 1.03 bits per heavy atom. The quantitative estimate of drug-likeness (QED) is 0.336. The molecule has 4 rings (SSSR count). The summed E-state index contributed by atoms with van der Waals surface area (Å²) < 4.78 is 2.21. The van der Waals surface area contributed by atoms with E-state index in [0.29, 0.717) is 18.2 Å². The molecule has 0 fully saturated rings. The van der Waals surface area contributed by atoms with Crippen LogP contribution in [0.4, 0.5) is 0 Å². The maximum Gasteiger partial charge on any atom is 0.233 e. The van der Waals surface area contributed by atoms with E-state index >= 15 is 0 Å². The molecule has 0 bridgehead atoms. The van der Waals surface area contributed by atoms with Crippen LogP contribution in [0.15, 0.2) is 47.6 Å². The highest BCUT2D eigenvalue weighted by Gasteiger charge is 2.22. The molecule has 2 heterocycles. The van der Waals surface area contributed by atoms with Crippen molar-refractivity contribution in [1.29, 1.82) is 0 Å². The first-order valence-electron chi connectivity index (χ1n) is 11.6. The minimum Gasteiger partial charge on any atom is -0.355 e. The number of nitrogens with one attached hydrogen (secondary N) is 1. The van der Waals surface area contributed by atoms with Crippen LogP contribution < -0.4 is 5.32 Å². The lowest BCUT2D eigenvalue weighted by Gasteiger charge is -2.14. The Labute approximate surface area is 199 Å². The number of benzene rings is 2. The highest BCUT2D eigenvalue weighted by molar-refractivity contribution is 8.00. The Morgan fingerprint density at radius 2 is 1.79 bits per heavy atom. The number of thioether (sulfide) groups is 1. The average molecular weight is 462 g/mol. The van der Waals surface area contributed by atoms with Gasteiger partial charge in [-0.15, -0.1) is 10.2 Å². The summed E-state index contributed by atoms with van der Waals surface area (Å²) in [5.41, 5.74) is 6.31. The van der Waals surface area contributed by atoms with Crippen LogP contribution in [0.2, 0.25) is 0 Å². The number of rotatable bonds is 9. The lowest BCUT2D eigenvalue weighted by atomic mass is 10.1. The van der Waals surface area contributed by atoms with Gasteiger partial charge in [-0.3, -0.25) is 4.79 Å². The first kappa shape index (κ1) is 23.2. The molecule has 0 radical (unpaired) electrons. The van der Waals surface area contributed by atoms with Gasteiger partial charge in [0.15, 0.2) is 5.65 Å². The number of carbonyl (C=O) groups excluding carboxylic acids is 1. The maximum absolute atomic E-state index is 12.7. The van der Waals surface area contributed by atoms with Gasteiger partial charge in [0.2, 0.25) is 11.1 Å². The Bertz CT molecular complexity index is 1270. The van der Waals surface area contributed by atoms with Gasteiger partial charge >= 0.3 is 0 Å². The molecule has 1 unspecified atom stereocenters. The molecule has 7 heteroatoms. The van der Waals surface area contributed by atoms with E-state index in [2.05, 4.69) is 90.2 Å². The molecule has 1 atom stereocenters. The molecule has 0 saturated heterocycles. The van der Waals surface area contributed by atoms with Crippen molar-refractivity contribution < 1.29 is 4.79 Å². The van der Waals surface area contributed by atoms with E-state index in [0.717, 1.165) is 41.3 Å². The van der Waals surface area contributed by atoms with Crippen LogP contribution in [0.3, 0.4) is 0 Å². The van der Waals surface area contributed by atoms with Crippen molar-refractivity contribution in [3.8, 4) is 0 Å². The van der Waals surface area contributed by atoms with Gasteiger partial charge in [0.25, 0.3) is 0 Å². The van der Waals surface area contributed by atoms with Crippen LogP contribution in [0.25, 0.3) is 22.1 Å². The predicted molar refractivity (Wildman–Crippen MR) is 136 cm³/mol. The summed E-state index contributed by atoms with van der Waals surface area (Å²) in [5.74, 6) is 0.0446. The number of amides is 1. The van der Waals surface area contributed by atoms with Crippen LogP contribution in [0.1, 0.15) is 49.8 Å². The molecule has 0 aliphatic rings. The van der Waals surface area contributed by atoms with Crippen LogP contribution in [-0.2, 0) is 11.3 Å².